The van der Waals surface area contributed by atoms with Gasteiger partial charge >= 0.3 is 0 Å². The van der Waals surface area contributed by atoms with Gasteiger partial charge in [-0.3, -0.25) is 9.47 Å². The predicted molar refractivity (Wildman–Crippen MR) is 142 cm³/mol. The van der Waals surface area contributed by atoms with E-state index in [0.717, 1.165) is 42.3 Å². The summed E-state index contributed by atoms with van der Waals surface area (Å²) in [5.41, 5.74) is 8.91. The van der Waals surface area contributed by atoms with Crippen molar-refractivity contribution in [2.24, 2.45) is 0 Å². The molecule has 0 radical (unpaired) electrons. The van der Waals surface area contributed by atoms with Gasteiger partial charge in [0.15, 0.2) is 5.82 Å². The summed E-state index contributed by atoms with van der Waals surface area (Å²) in [6.45, 7) is 7.32. The van der Waals surface area contributed by atoms with E-state index in [1.807, 2.05) is 23.3 Å². The van der Waals surface area contributed by atoms with Crippen molar-refractivity contribution in [3.63, 3.8) is 0 Å². The Kier molecular flexibility index (Phi) is 6.78. The summed E-state index contributed by atoms with van der Waals surface area (Å²) in [7, 11) is 2.24. The molecule has 4 aromatic rings. The van der Waals surface area contributed by atoms with E-state index in [9.17, 15) is 0 Å². The van der Waals surface area contributed by atoms with Crippen molar-refractivity contribution in [3.05, 3.63) is 94.7 Å². The number of benzene rings is 2. The zero-order valence-electron chi connectivity index (χ0n) is 21.3. The number of imidazole rings is 1. The molecule has 0 bridgehead atoms. The average molecular weight is 466 g/mol. The van der Waals surface area contributed by atoms with Crippen LogP contribution in [0.1, 0.15) is 66.2 Å². The van der Waals surface area contributed by atoms with Gasteiger partial charge in [-0.25, -0.2) is 15.0 Å². The third kappa shape index (κ3) is 4.53. The highest BCUT2D eigenvalue weighted by Gasteiger charge is 2.26. The molecule has 0 unspecified atom stereocenters. The maximum atomic E-state index is 5.19. The van der Waals surface area contributed by atoms with Gasteiger partial charge < -0.3 is 0 Å². The molecule has 5 rings (SSSR count). The van der Waals surface area contributed by atoms with E-state index in [1.54, 1.807) is 0 Å². The summed E-state index contributed by atoms with van der Waals surface area (Å²) in [5, 5.41) is 0. The first-order valence-corrected chi connectivity index (χ1v) is 12.9. The SMILES string of the molecule is CCc1cccc(CC)c1-c1nc(C)c(CN(C)[C@@H]2CCCc3ccccc32)c(-n2ccnc2)n1. The first-order valence-electron chi connectivity index (χ1n) is 12.9. The van der Waals surface area contributed by atoms with Crippen LogP contribution in [-0.4, -0.2) is 31.5 Å². The number of hydrogen-bond acceptors (Lipinski definition) is 4. The number of fused-ring (bicyclic) bond motifs is 1. The second kappa shape index (κ2) is 10.1. The van der Waals surface area contributed by atoms with Crippen LogP contribution < -0.4 is 0 Å². The Morgan fingerprint density at radius 3 is 2.49 bits per heavy atom. The summed E-state index contributed by atoms with van der Waals surface area (Å²) in [6.07, 6.45) is 11.1. The molecule has 1 aliphatic carbocycles. The highest BCUT2D eigenvalue weighted by atomic mass is 15.2. The molecule has 5 nitrogen and oxygen atoms in total. The Morgan fingerprint density at radius 2 is 1.77 bits per heavy atom. The Bertz CT molecular complexity index is 1290. The Balaban J connectivity index is 1.58. The van der Waals surface area contributed by atoms with Crippen LogP contribution in [0.25, 0.3) is 17.2 Å². The minimum atomic E-state index is 0.405. The standard InChI is InChI=1S/C30H35N5/c1-5-22-12-9-13-23(6-2)28(22)29-32-21(3)26(30(33-29)35-18-17-31-20-35)19-34(4)27-16-10-14-24-11-7-8-15-25(24)27/h7-9,11-13,15,17-18,20,27H,5-6,10,14,16,19H2,1-4H3/t27-/m1/s1. The van der Waals surface area contributed by atoms with E-state index in [-0.39, 0.29) is 0 Å². The fraction of sp³-hybridized carbons (Fsp3) is 0.367. The molecule has 0 N–H and O–H groups in total. The lowest BCUT2D eigenvalue weighted by Gasteiger charge is -2.34. The van der Waals surface area contributed by atoms with Gasteiger partial charge in [0.25, 0.3) is 0 Å². The van der Waals surface area contributed by atoms with E-state index >= 15 is 0 Å². The molecule has 180 valence electrons. The van der Waals surface area contributed by atoms with Crippen molar-refractivity contribution < 1.29 is 0 Å². The predicted octanol–water partition coefficient (Wildman–Crippen LogP) is 6.27. The molecule has 0 spiro atoms. The molecule has 0 saturated carbocycles. The minimum absolute atomic E-state index is 0.405. The van der Waals surface area contributed by atoms with Crippen LogP contribution in [0.4, 0.5) is 0 Å². The van der Waals surface area contributed by atoms with Crippen molar-refractivity contribution in [3.8, 4) is 17.2 Å². The molecule has 2 heterocycles. The third-order valence-electron chi connectivity index (χ3n) is 7.44. The van der Waals surface area contributed by atoms with Crippen molar-refractivity contribution in [1.29, 1.82) is 0 Å². The first-order chi connectivity index (χ1) is 17.1. The Labute approximate surface area is 208 Å². The van der Waals surface area contributed by atoms with E-state index in [4.69, 9.17) is 9.97 Å². The summed E-state index contributed by atoms with van der Waals surface area (Å²) in [5.74, 6) is 1.74. The monoisotopic (exact) mass is 465 g/mol. The first kappa shape index (κ1) is 23.4. The fourth-order valence-corrected chi connectivity index (χ4v) is 5.55. The molecule has 0 amide bonds. The van der Waals surface area contributed by atoms with Crippen LogP contribution in [0.15, 0.2) is 61.2 Å². The lowest BCUT2D eigenvalue weighted by molar-refractivity contribution is 0.212. The summed E-state index contributed by atoms with van der Waals surface area (Å²) < 4.78 is 2.04. The van der Waals surface area contributed by atoms with Gasteiger partial charge in [0, 0.05) is 41.8 Å². The van der Waals surface area contributed by atoms with Gasteiger partial charge in [0.2, 0.25) is 0 Å². The lowest BCUT2D eigenvalue weighted by Crippen LogP contribution is -2.28. The largest absolute Gasteiger partial charge is 0.295 e. The molecule has 5 heteroatoms. The maximum absolute atomic E-state index is 5.19. The number of rotatable bonds is 7. The van der Waals surface area contributed by atoms with E-state index < -0.39 is 0 Å². The van der Waals surface area contributed by atoms with Gasteiger partial charge in [-0.1, -0.05) is 56.3 Å². The quantitative estimate of drug-likeness (QED) is 0.323. The van der Waals surface area contributed by atoms with Crippen LogP contribution in [0.2, 0.25) is 0 Å². The van der Waals surface area contributed by atoms with Crippen LogP contribution in [0, 0.1) is 6.92 Å². The minimum Gasteiger partial charge on any atom is -0.295 e. The number of aryl methyl sites for hydroxylation is 4. The van der Waals surface area contributed by atoms with Gasteiger partial charge in [-0.2, -0.15) is 0 Å². The highest BCUT2D eigenvalue weighted by molar-refractivity contribution is 5.66. The summed E-state index contributed by atoms with van der Waals surface area (Å²) in [4.78, 5) is 17.1. The van der Waals surface area contributed by atoms with E-state index in [2.05, 4.69) is 80.2 Å². The van der Waals surface area contributed by atoms with Gasteiger partial charge in [0.1, 0.15) is 12.1 Å². The van der Waals surface area contributed by atoms with E-state index in [0.29, 0.717) is 6.04 Å². The van der Waals surface area contributed by atoms with Crippen molar-refractivity contribution in [2.75, 3.05) is 7.05 Å². The molecule has 2 aromatic heterocycles. The highest BCUT2D eigenvalue weighted by Crippen LogP contribution is 2.35. The average Bonchev–Trinajstić information content (AvgIpc) is 3.43. The normalized spacial score (nSPS) is 15.4. The Morgan fingerprint density at radius 1 is 1.00 bits per heavy atom. The topological polar surface area (TPSA) is 46.8 Å². The van der Waals surface area contributed by atoms with Gasteiger partial charge in [-0.15, -0.1) is 0 Å². The molecular weight excluding hydrogens is 430 g/mol. The third-order valence-corrected chi connectivity index (χ3v) is 7.44. The lowest BCUT2D eigenvalue weighted by atomic mass is 9.87. The molecule has 0 saturated heterocycles. The van der Waals surface area contributed by atoms with Crippen LogP contribution in [0.3, 0.4) is 0 Å². The second-order valence-electron chi connectivity index (χ2n) is 9.59. The number of hydrogen-bond donors (Lipinski definition) is 0. The zero-order chi connectivity index (χ0) is 24.4. The van der Waals surface area contributed by atoms with Crippen molar-refractivity contribution in [2.45, 2.75) is 65.5 Å². The molecule has 0 fully saturated rings. The van der Waals surface area contributed by atoms with E-state index in [1.165, 1.54) is 47.1 Å². The van der Waals surface area contributed by atoms with Gasteiger partial charge in [0.05, 0.1) is 0 Å². The van der Waals surface area contributed by atoms with Crippen LogP contribution >= 0.6 is 0 Å². The Hall–Kier alpha value is -3.31. The van der Waals surface area contributed by atoms with Gasteiger partial charge in [-0.05, 0) is 68.3 Å². The summed E-state index contributed by atoms with van der Waals surface area (Å²) >= 11 is 0. The molecule has 35 heavy (non-hydrogen) atoms. The molecule has 1 aliphatic rings. The zero-order valence-corrected chi connectivity index (χ0v) is 21.3. The smallest absolute Gasteiger partial charge is 0.162 e. The van der Waals surface area contributed by atoms with Crippen molar-refractivity contribution >= 4 is 0 Å². The maximum Gasteiger partial charge on any atom is 0.162 e. The molecular formula is C30H35N5. The molecule has 2 aromatic carbocycles. The molecule has 1 atom stereocenters. The fourth-order valence-electron chi connectivity index (χ4n) is 5.55. The second-order valence-corrected chi connectivity index (χ2v) is 9.59. The van der Waals surface area contributed by atoms with Crippen LogP contribution in [0.5, 0.6) is 0 Å². The number of nitrogens with zero attached hydrogens (tertiary/aromatic N) is 5. The summed E-state index contributed by atoms with van der Waals surface area (Å²) in [6, 6.07) is 15.9. The molecule has 0 aliphatic heterocycles. The number of aromatic nitrogens is 4. The van der Waals surface area contributed by atoms with Crippen molar-refractivity contribution in [1.82, 2.24) is 24.4 Å². The van der Waals surface area contributed by atoms with Crippen LogP contribution in [-0.2, 0) is 25.8 Å².